The van der Waals surface area contributed by atoms with Gasteiger partial charge in [-0.2, -0.15) is 0 Å². The normalized spacial score (nSPS) is 10.3. The first kappa shape index (κ1) is 12.9. The molecule has 15 heavy (non-hydrogen) atoms. The molecule has 0 atom stereocenters. The molecule has 1 heterocycles. The van der Waals surface area contributed by atoms with E-state index in [1.807, 2.05) is 6.92 Å². The molecule has 0 aliphatic heterocycles. The number of thioether (sulfide) groups is 1. The summed E-state index contributed by atoms with van der Waals surface area (Å²) in [6, 6.07) is 0. The highest BCUT2D eigenvalue weighted by Crippen LogP contribution is 2.31. The van der Waals surface area contributed by atoms with Gasteiger partial charge in [0.15, 0.2) is 14.4 Å². The van der Waals surface area contributed by atoms with Gasteiger partial charge in [0.1, 0.15) is 0 Å². The van der Waals surface area contributed by atoms with Crippen molar-refractivity contribution in [2.75, 3.05) is 5.75 Å². The zero-order valence-corrected chi connectivity index (χ0v) is 11.7. The highest BCUT2D eigenvalue weighted by atomic mass is 79.9. The van der Waals surface area contributed by atoms with Crippen LogP contribution in [0, 0.1) is 10.1 Å². The molecule has 8 heteroatoms. The van der Waals surface area contributed by atoms with E-state index in [-0.39, 0.29) is 14.9 Å². The van der Waals surface area contributed by atoms with Gasteiger partial charge in [-0.25, -0.2) is 9.97 Å². The first-order chi connectivity index (χ1) is 7.06. The molecule has 0 aromatic carbocycles. The van der Waals surface area contributed by atoms with Gasteiger partial charge in [-0.05, 0) is 38.3 Å². The van der Waals surface area contributed by atoms with Gasteiger partial charge in [-0.15, -0.1) is 0 Å². The Morgan fingerprint density at radius 1 is 1.40 bits per heavy atom. The van der Waals surface area contributed by atoms with E-state index in [1.54, 1.807) is 0 Å². The van der Waals surface area contributed by atoms with E-state index in [4.69, 9.17) is 0 Å². The molecule has 0 N–H and O–H groups in total. The van der Waals surface area contributed by atoms with Crippen LogP contribution in [0.25, 0.3) is 0 Å². The second kappa shape index (κ2) is 5.76. The fraction of sp³-hybridized carbons (Fsp3) is 0.429. The molecule has 0 aliphatic rings. The van der Waals surface area contributed by atoms with Crippen LogP contribution >= 0.6 is 43.6 Å². The van der Waals surface area contributed by atoms with Crippen LogP contribution in [0.3, 0.4) is 0 Å². The summed E-state index contributed by atoms with van der Waals surface area (Å²) in [5.41, 5.74) is -0.143. The standard InChI is InChI=1S/C7H7Br2N3O2S/c1-2-3-15-7-10-5(8)4(12(13)14)6(9)11-7/h2-3H2,1H3. The maximum atomic E-state index is 10.6. The third kappa shape index (κ3) is 3.39. The van der Waals surface area contributed by atoms with Crippen LogP contribution in [0.2, 0.25) is 0 Å². The Kier molecular flexibility index (Phi) is 4.94. The highest BCUT2D eigenvalue weighted by Gasteiger charge is 2.21. The Hall–Kier alpha value is -0.210. The minimum absolute atomic E-state index is 0.143. The van der Waals surface area contributed by atoms with Crippen LogP contribution in [0.4, 0.5) is 5.69 Å². The van der Waals surface area contributed by atoms with Crippen molar-refractivity contribution < 1.29 is 4.92 Å². The lowest BCUT2D eigenvalue weighted by atomic mass is 10.6. The molecule has 0 saturated heterocycles. The summed E-state index contributed by atoms with van der Waals surface area (Å²) in [4.78, 5) is 18.1. The zero-order valence-electron chi connectivity index (χ0n) is 7.74. The summed E-state index contributed by atoms with van der Waals surface area (Å²) in [5.74, 6) is 0.886. The fourth-order valence-electron chi connectivity index (χ4n) is 0.793. The van der Waals surface area contributed by atoms with Crippen molar-refractivity contribution >= 4 is 49.3 Å². The fourth-order valence-corrected chi connectivity index (χ4v) is 2.99. The molecular formula is C7H7Br2N3O2S. The summed E-state index contributed by atoms with van der Waals surface area (Å²) < 4.78 is 0.404. The van der Waals surface area contributed by atoms with Crippen molar-refractivity contribution in [1.29, 1.82) is 0 Å². The summed E-state index contributed by atoms with van der Waals surface area (Å²) >= 11 is 7.57. The van der Waals surface area contributed by atoms with Crippen molar-refractivity contribution in [3.63, 3.8) is 0 Å². The molecule has 1 aromatic rings. The van der Waals surface area contributed by atoms with E-state index in [0.717, 1.165) is 12.2 Å². The van der Waals surface area contributed by atoms with Crippen molar-refractivity contribution in [3.8, 4) is 0 Å². The Labute approximate surface area is 107 Å². The van der Waals surface area contributed by atoms with Gasteiger partial charge < -0.3 is 0 Å². The van der Waals surface area contributed by atoms with Crippen LogP contribution in [0.1, 0.15) is 13.3 Å². The average molecular weight is 357 g/mol. The largest absolute Gasteiger partial charge is 0.334 e. The average Bonchev–Trinajstić information content (AvgIpc) is 2.12. The summed E-state index contributed by atoms with van der Waals surface area (Å²) in [6.07, 6.45) is 1.00. The van der Waals surface area contributed by atoms with E-state index in [1.165, 1.54) is 11.8 Å². The number of aromatic nitrogens is 2. The molecule has 0 radical (unpaired) electrons. The molecule has 0 fully saturated rings. The van der Waals surface area contributed by atoms with Gasteiger partial charge in [0.25, 0.3) is 0 Å². The zero-order chi connectivity index (χ0) is 11.4. The number of rotatable bonds is 4. The third-order valence-electron chi connectivity index (χ3n) is 1.40. The maximum Gasteiger partial charge on any atom is 0.334 e. The lowest BCUT2D eigenvalue weighted by molar-refractivity contribution is -0.387. The predicted octanol–water partition coefficient (Wildman–Crippen LogP) is 3.41. The monoisotopic (exact) mass is 355 g/mol. The van der Waals surface area contributed by atoms with Gasteiger partial charge in [0.2, 0.25) is 0 Å². The molecular weight excluding hydrogens is 350 g/mol. The Balaban J connectivity index is 3.03. The predicted molar refractivity (Wildman–Crippen MR) is 65.1 cm³/mol. The quantitative estimate of drug-likeness (QED) is 0.272. The molecule has 0 spiro atoms. The first-order valence-electron chi connectivity index (χ1n) is 4.06. The van der Waals surface area contributed by atoms with Gasteiger partial charge in [-0.1, -0.05) is 18.7 Å². The minimum Gasteiger partial charge on any atom is -0.258 e. The topological polar surface area (TPSA) is 68.9 Å². The van der Waals surface area contributed by atoms with Crippen LogP contribution in [0.5, 0.6) is 0 Å². The highest BCUT2D eigenvalue weighted by molar-refractivity contribution is 9.11. The van der Waals surface area contributed by atoms with Gasteiger partial charge in [0.05, 0.1) is 4.92 Å². The van der Waals surface area contributed by atoms with E-state index >= 15 is 0 Å². The molecule has 5 nitrogen and oxygen atoms in total. The van der Waals surface area contributed by atoms with E-state index < -0.39 is 4.92 Å². The van der Waals surface area contributed by atoms with Crippen molar-refractivity contribution in [2.45, 2.75) is 18.5 Å². The number of nitro groups is 1. The smallest absolute Gasteiger partial charge is 0.258 e. The Morgan fingerprint density at radius 2 is 1.93 bits per heavy atom. The molecule has 82 valence electrons. The van der Waals surface area contributed by atoms with E-state index in [9.17, 15) is 10.1 Å². The van der Waals surface area contributed by atoms with E-state index in [0.29, 0.717) is 5.16 Å². The van der Waals surface area contributed by atoms with Crippen molar-refractivity contribution in [3.05, 3.63) is 19.3 Å². The SMILES string of the molecule is CCCSc1nc(Br)c([N+](=O)[O-])c(Br)n1. The Bertz CT molecular complexity index is 365. The molecule has 0 aliphatic carbocycles. The van der Waals surface area contributed by atoms with Gasteiger partial charge in [-0.3, -0.25) is 10.1 Å². The molecule has 0 bridgehead atoms. The lowest BCUT2D eigenvalue weighted by Crippen LogP contribution is -1.98. The van der Waals surface area contributed by atoms with Crippen LogP contribution in [0.15, 0.2) is 14.4 Å². The van der Waals surface area contributed by atoms with Crippen LogP contribution in [-0.4, -0.2) is 20.6 Å². The molecule has 1 aromatic heterocycles. The summed E-state index contributed by atoms with van der Waals surface area (Å²) in [6.45, 7) is 2.04. The first-order valence-corrected chi connectivity index (χ1v) is 6.63. The van der Waals surface area contributed by atoms with Crippen LogP contribution in [-0.2, 0) is 0 Å². The number of nitrogens with zero attached hydrogens (tertiary/aromatic N) is 3. The third-order valence-corrected chi connectivity index (χ3v) is 3.56. The van der Waals surface area contributed by atoms with Crippen molar-refractivity contribution in [2.24, 2.45) is 0 Å². The second-order valence-electron chi connectivity index (χ2n) is 2.54. The van der Waals surface area contributed by atoms with Gasteiger partial charge >= 0.3 is 5.69 Å². The van der Waals surface area contributed by atoms with Crippen LogP contribution < -0.4 is 0 Å². The number of halogens is 2. The van der Waals surface area contributed by atoms with Gasteiger partial charge in [0, 0.05) is 5.75 Å². The lowest BCUT2D eigenvalue weighted by Gasteiger charge is -2.01. The minimum atomic E-state index is -0.525. The van der Waals surface area contributed by atoms with E-state index in [2.05, 4.69) is 41.8 Å². The molecule has 0 unspecified atom stereocenters. The summed E-state index contributed by atoms with van der Waals surface area (Å²) in [5, 5.41) is 11.2. The second-order valence-corrected chi connectivity index (χ2v) is 5.11. The molecule has 0 saturated carbocycles. The number of hydrogen-bond acceptors (Lipinski definition) is 5. The molecule has 0 amide bonds. The number of hydrogen-bond donors (Lipinski definition) is 0. The Morgan fingerprint density at radius 3 is 2.33 bits per heavy atom. The summed E-state index contributed by atoms with van der Waals surface area (Å²) in [7, 11) is 0. The molecule has 1 rings (SSSR count). The van der Waals surface area contributed by atoms with Crippen molar-refractivity contribution in [1.82, 2.24) is 9.97 Å². The maximum absolute atomic E-state index is 10.6.